The Morgan fingerprint density at radius 2 is 2.22 bits per heavy atom. The lowest BCUT2D eigenvalue weighted by Crippen LogP contribution is -2.36. The molecule has 1 aliphatic carbocycles. The van der Waals surface area contributed by atoms with Gasteiger partial charge >= 0.3 is 0 Å². The van der Waals surface area contributed by atoms with E-state index in [0.717, 1.165) is 11.5 Å². The molecule has 3 N–H and O–H groups in total. The molecule has 0 aliphatic heterocycles. The third-order valence-electron chi connectivity index (χ3n) is 4.06. The van der Waals surface area contributed by atoms with E-state index in [4.69, 9.17) is 0 Å². The van der Waals surface area contributed by atoms with Crippen molar-refractivity contribution in [3.63, 3.8) is 0 Å². The lowest BCUT2D eigenvalue weighted by atomic mass is 9.80. The van der Waals surface area contributed by atoms with E-state index in [-0.39, 0.29) is 12.4 Å². The first-order valence-electron chi connectivity index (χ1n) is 6.64. The zero-order valence-corrected chi connectivity index (χ0v) is 11.1. The molecule has 1 aliphatic rings. The van der Waals surface area contributed by atoms with Crippen LogP contribution in [0.4, 0.5) is 0 Å². The van der Waals surface area contributed by atoms with E-state index in [2.05, 4.69) is 17.2 Å². The summed E-state index contributed by atoms with van der Waals surface area (Å²) in [6.45, 7) is 4.46. The molecule has 4 nitrogen and oxygen atoms in total. The van der Waals surface area contributed by atoms with Crippen LogP contribution >= 0.6 is 0 Å². The molecule has 1 unspecified atom stereocenters. The summed E-state index contributed by atoms with van der Waals surface area (Å²) in [7, 11) is 0. The highest BCUT2D eigenvalue weighted by atomic mass is 16.3. The van der Waals surface area contributed by atoms with Crippen LogP contribution in [0, 0.1) is 12.8 Å². The molecule has 0 radical (unpaired) electrons. The Hall–Kier alpha value is -1.13. The normalized spacial score (nSPS) is 17.5. The van der Waals surface area contributed by atoms with Crippen molar-refractivity contribution in [2.24, 2.45) is 5.92 Å². The summed E-state index contributed by atoms with van der Waals surface area (Å²) >= 11 is 0. The number of rotatable bonds is 5. The number of aryl methyl sites for hydroxylation is 1. The van der Waals surface area contributed by atoms with Crippen molar-refractivity contribution < 1.29 is 10.2 Å². The van der Waals surface area contributed by atoms with Gasteiger partial charge in [0.2, 0.25) is 0 Å². The molecule has 2 rings (SSSR count). The summed E-state index contributed by atoms with van der Waals surface area (Å²) in [5.74, 6) is 0.961. The molecule has 0 bridgehead atoms. The molecule has 1 atom stereocenters. The number of aliphatic hydroxyl groups is 1. The second-order valence-corrected chi connectivity index (χ2v) is 5.21. The van der Waals surface area contributed by atoms with E-state index in [1.165, 1.54) is 19.3 Å². The van der Waals surface area contributed by atoms with Gasteiger partial charge in [-0.2, -0.15) is 0 Å². The highest BCUT2D eigenvalue weighted by Gasteiger charge is 2.24. The van der Waals surface area contributed by atoms with Gasteiger partial charge in [0.1, 0.15) is 5.75 Å². The van der Waals surface area contributed by atoms with Gasteiger partial charge in [0.15, 0.2) is 0 Å². The predicted octanol–water partition coefficient (Wildman–Crippen LogP) is 1.87. The summed E-state index contributed by atoms with van der Waals surface area (Å²) in [4.78, 5) is 4.06. The molecule has 0 spiro atoms. The first-order valence-corrected chi connectivity index (χ1v) is 6.64. The molecule has 0 amide bonds. The number of aromatic nitrogens is 1. The third-order valence-corrected chi connectivity index (χ3v) is 4.06. The molecule has 100 valence electrons. The SMILES string of the molecule is Cc1ncc(CO)c(CNC(C)C2CCC2)c1O. The maximum absolute atomic E-state index is 10.0. The van der Waals surface area contributed by atoms with Crippen molar-refractivity contribution in [3.8, 4) is 5.75 Å². The molecular formula is C14H22N2O2. The second kappa shape index (κ2) is 5.67. The first kappa shape index (κ1) is 13.3. The summed E-state index contributed by atoms with van der Waals surface area (Å²) in [6.07, 6.45) is 5.56. The lowest BCUT2D eigenvalue weighted by molar-refractivity contribution is 0.238. The summed E-state index contributed by atoms with van der Waals surface area (Å²) in [5, 5.41) is 22.7. The molecule has 4 heteroatoms. The quantitative estimate of drug-likeness (QED) is 0.746. The second-order valence-electron chi connectivity index (χ2n) is 5.21. The highest BCUT2D eigenvalue weighted by molar-refractivity contribution is 5.40. The Bertz CT molecular complexity index is 417. The van der Waals surface area contributed by atoms with Crippen molar-refractivity contribution in [2.75, 3.05) is 0 Å². The molecule has 0 saturated heterocycles. The lowest BCUT2D eigenvalue weighted by Gasteiger charge is -2.32. The Balaban J connectivity index is 2.05. The molecular weight excluding hydrogens is 228 g/mol. The van der Waals surface area contributed by atoms with Crippen molar-refractivity contribution in [2.45, 2.75) is 52.3 Å². The van der Waals surface area contributed by atoms with Gasteiger partial charge in [-0.3, -0.25) is 4.98 Å². The summed E-state index contributed by atoms with van der Waals surface area (Å²) in [6, 6.07) is 0.457. The molecule has 1 heterocycles. The molecule has 1 aromatic rings. The fourth-order valence-electron chi connectivity index (χ4n) is 2.39. The maximum Gasteiger partial charge on any atom is 0.141 e. The monoisotopic (exact) mass is 250 g/mol. The van der Waals surface area contributed by atoms with Crippen molar-refractivity contribution >= 4 is 0 Å². The highest BCUT2D eigenvalue weighted by Crippen LogP contribution is 2.30. The molecule has 0 aromatic carbocycles. The Morgan fingerprint density at radius 3 is 2.78 bits per heavy atom. The third kappa shape index (κ3) is 2.65. The number of aliphatic hydroxyl groups excluding tert-OH is 1. The zero-order valence-electron chi connectivity index (χ0n) is 11.1. The summed E-state index contributed by atoms with van der Waals surface area (Å²) in [5.41, 5.74) is 2.09. The van der Waals surface area contributed by atoms with Crippen LogP contribution in [0.5, 0.6) is 5.75 Å². The van der Waals surface area contributed by atoms with Gasteiger partial charge in [-0.1, -0.05) is 6.42 Å². The minimum Gasteiger partial charge on any atom is -0.506 e. The Labute approximate surface area is 108 Å². The fourth-order valence-corrected chi connectivity index (χ4v) is 2.39. The number of hydrogen-bond donors (Lipinski definition) is 3. The van der Waals surface area contributed by atoms with Crippen LogP contribution in [0.2, 0.25) is 0 Å². The smallest absolute Gasteiger partial charge is 0.141 e. The van der Waals surface area contributed by atoms with E-state index in [9.17, 15) is 10.2 Å². The van der Waals surface area contributed by atoms with Crippen LogP contribution in [0.15, 0.2) is 6.20 Å². The van der Waals surface area contributed by atoms with Crippen LogP contribution in [-0.4, -0.2) is 21.2 Å². The Kier molecular flexibility index (Phi) is 4.19. The predicted molar refractivity (Wildman–Crippen MR) is 70.2 cm³/mol. The van der Waals surface area contributed by atoms with Crippen LogP contribution in [0.25, 0.3) is 0 Å². The van der Waals surface area contributed by atoms with Gasteiger partial charge < -0.3 is 15.5 Å². The van der Waals surface area contributed by atoms with Gasteiger partial charge in [0.25, 0.3) is 0 Å². The van der Waals surface area contributed by atoms with Crippen molar-refractivity contribution in [3.05, 3.63) is 23.0 Å². The summed E-state index contributed by atoms with van der Waals surface area (Å²) < 4.78 is 0. The van der Waals surface area contributed by atoms with Crippen LogP contribution < -0.4 is 5.32 Å². The van der Waals surface area contributed by atoms with E-state index in [0.29, 0.717) is 23.8 Å². The van der Waals surface area contributed by atoms with Gasteiger partial charge in [0.05, 0.1) is 12.3 Å². The number of hydrogen-bond acceptors (Lipinski definition) is 4. The number of aromatic hydroxyl groups is 1. The molecule has 18 heavy (non-hydrogen) atoms. The van der Waals surface area contributed by atoms with Crippen LogP contribution in [-0.2, 0) is 13.2 Å². The van der Waals surface area contributed by atoms with E-state index >= 15 is 0 Å². The van der Waals surface area contributed by atoms with Crippen molar-refractivity contribution in [1.82, 2.24) is 10.3 Å². The maximum atomic E-state index is 10.0. The minimum atomic E-state index is -0.0876. The Morgan fingerprint density at radius 1 is 1.50 bits per heavy atom. The number of nitrogens with one attached hydrogen (secondary N) is 1. The largest absolute Gasteiger partial charge is 0.506 e. The first-order chi connectivity index (χ1) is 8.63. The average Bonchev–Trinajstić information content (AvgIpc) is 2.28. The van der Waals surface area contributed by atoms with Gasteiger partial charge in [0, 0.05) is 29.9 Å². The van der Waals surface area contributed by atoms with Crippen LogP contribution in [0.3, 0.4) is 0 Å². The standard InChI is InChI=1S/C14H22N2O2/c1-9(11-4-3-5-11)16-7-13-12(8-17)6-15-10(2)14(13)18/h6,9,11,16-18H,3-5,7-8H2,1-2H3. The van der Waals surface area contributed by atoms with Crippen LogP contribution in [0.1, 0.15) is 43.0 Å². The number of nitrogens with zero attached hydrogens (tertiary/aromatic N) is 1. The average molecular weight is 250 g/mol. The fraction of sp³-hybridized carbons (Fsp3) is 0.643. The number of pyridine rings is 1. The molecule has 1 aromatic heterocycles. The van der Waals surface area contributed by atoms with Gasteiger partial charge in [-0.25, -0.2) is 0 Å². The molecule has 1 fully saturated rings. The molecule has 1 saturated carbocycles. The zero-order chi connectivity index (χ0) is 13.1. The van der Waals surface area contributed by atoms with E-state index in [1.54, 1.807) is 13.1 Å². The van der Waals surface area contributed by atoms with E-state index in [1.807, 2.05) is 0 Å². The van der Waals surface area contributed by atoms with E-state index < -0.39 is 0 Å². The van der Waals surface area contributed by atoms with Crippen molar-refractivity contribution in [1.29, 1.82) is 0 Å². The van der Waals surface area contributed by atoms with Gasteiger partial charge in [-0.05, 0) is 32.6 Å². The minimum absolute atomic E-state index is 0.0876. The topological polar surface area (TPSA) is 65.4 Å². The van der Waals surface area contributed by atoms with Gasteiger partial charge in [-0.15, -0.1) is 0 Å².